The van der Waals surface area contributed by atoms with E-state index in [0.29, 0.717) is 6.17 Å². The van der Waals surface area contributed by atoms with Crippen LogP contribution in [0.25, 0.3) is 0 Å². The van der Waals surface area contributed by atoms with Crippen LogP contribution in [0.15, 0.2) is 5.10 Å². The number of alkyl halides is 3. The molecule has 6 nitrogen and oxygen atoms in total. The van der Waals surface area contributed by atoms with E-state index < -0.39 is 12.1 Å². The molecule has 1 N–H and O–H groups in total. The van der Waals surface area contributed by atoms with Crippen LogP contribution in [-0.2, 0) is 4.79 Å². The molecule has 21 heavy (non-hydrogen) atoms. The molecule has 0 saturated carbocycles. The third-order valence-electron chi connectivity index (χ3n) is 3.69. The van der Waals surface area contributed by atoms with E-state index in [0.717, 1.165) is 6.67 Å². The van der Waals surface area contributed by atoms with Crippen molar-refractivity contribution in [3.05, 3.63) is 0 Å². The number of piperidine rings is 1. The molecule has 0 spiro atoms. The Morgan fingerprint density at radius 3 is 2.43 bits per heavy atom. The van der Waals surface area contributed by atoms with Gasteiger partial charge in [0.1, 0.15) is 6.17 Å². The van der Waals surface area contributed by atoms with Crippen LogP contribution >= 0.6 is 0 Å². The second kappa shape index (κ2) is 6.18. The lowest BCUT2D eigenvalue weighted by Crippen LogP contribution is -2.63. The highest BCUT2D eigenvalue weighted by Gasteiger charge is 2.39. The highest BCUT2D eigenvalue weighted by Crippen LogP contribution is 2.25. The molecule has 3 rings (SSSR count). The fraction of sp³-hybridized carbons (Fsp3) is 0.833. The van der Waals surface area contributed by atoms with Crippen LogP contribution < -0.4 is 0 Å². The van der Waals surface area contributed by atoms with Crippen LogP contribution in [0, 0.1) is 0 Å². The number of halogens is 3. The van der Waals surface area contributed by atoms with Crippen molar-refractivity contribution in [3.8, 4) is 0 Å². The molecule has 3 heterocycles. The van der Waals surface area contributed by atoms with Crippen LogP contribution in [-0.4, -0.2) is 77.3 Å². The van der Waals surface area contributed by atoms with E-state index in [9.17, 15) is 13.2 Å². The Labute approximate surface area is 120 Å². The minimum absolute atomic E-state index is 0.550. The Kier molecular flexibility index (Phi) is 4.72. The summed E-state index contributed by atoms with van der Waals surface area (Å²) in [5, 5.41) is 13.9. The van der Waals surface area contributed by atoms with Crippen molar-refractivity contribution >= 4 is 11.7 Å². The summed E-state index contributed by atoms with van der Waals surface area (Å²) < 4.78 is 31.7. The number of aliphatic carboxylic acids is 1. The molecule has 0 bridgehead atoms. The monoisotopic (exact) mass is 308 g/mol. The molecular formula is C12H19F3N4O2. The second-order valence-corrected chi connectivity index (χ2v) is 5.37. The van der Waals surface area contributed by atoms with Gasteiger partial charge in [0.25, 0.3) is 0 Å². The number of hydrogen-bond donors (Lipinski definition) is 1. The number of nitrogens with zero attached hydrogens (tertiary/aromatic N) is 4. The maximum absolute atomic E-state index is 10.6. The normalized spacial score (nSPS) is 26.4. The molecule has 0 amide bonds. The van der Waals surface area contributed by atoms with Gasteiger partial charge in [-0.05, 0) is 19.3 Å². The highest BCUT2D eigenvalue weighted by molar-refractivity contribution is 5.90. The third-order valence-corrected chi connectivity index (χ3v) is 3.69. The number of carbonyl (C=O) groups is 1. The van der Waals surface area contributed by atoms with E-state index >= 15 is 0 Å². The highest BCUT2D eigenvalue weighted by atomic mass is 19.4. The Morgan fingerprint density at radius 1 is 1.24 bits per heavy atom. The van der Waals surface area contributed by atoms with E-state index in [4.69, 9.17) is 9.90 Å². The molecule has 120 valence electrons. The molecular weight excluding hydrogens is 289 g/mol. The van der Waals surface area contributed by atoms with Crippen molar-refractivity contribution in [3.63, 3.8) is 0 Å². The zero-order valence-corrected chi connectivity index (χ0v) is 11.8. The predicted octanol–water partition coefficient (Wildman–Crippen LogP) is 1.01. The number of rotatable bonds is 0. The second-order valence-electron chi connectivity index (χ2n) is 5.37. The third kappa shape index (κ3) is 3.85. The Morgan fingerprint density at radius 2 is 1.81 bits per heavy atom. The van der Waals surface area contributed by atoms with Gasteiger partial charge in [0, 0.05) is 26.7 Å². The van der Waals surface area contributed by atoms with Crippen LogP contribution in [0.5, 0.6) is 0 Å². The Bertz CT molecular complexity index is 425. The first-order valence-corrected chi connectivity index (χ1v) is 6.86. The van der Waals surface area contributed by atoms with Gasteiger partial charge in [-0.2, -0.15) is 18.3 Å². The molecule has 0 aromatic heterocycles. The quantitative estimate of drug-likeness (QED) is 0.724. The lowest BCUT2D eigenvalue weighted by molar-refractivity contribution is -0.192. The molecule has 3 aliphatic rings. The molecule has 9 heteroatoms. The molecule has 0 radical (unpaired) electrons. The standard InChI is InChI=1S/C10H18N4.C2HF3O2/c1-12-8-14-7-3-6-13-5-2-4-9(11-12)10(13)14;3-2(4,5)1(6)7/h10H,2-8H2,1H3;(H,6,7). The minimum atomic E-state index is -5.08. The topological polar surface area (TPSA) is 59.4 Å². The average Bonchev–Trinajstić information content (AvgIpc) is 2.38. The molecule has 0 aromatic rings. The van der Waals surface area contributed by atoms with Crippen molar-refractivity contribution in [1.82, 2.24) is 14.8 Å². The van der Waals surface area contributed by atoms with Gasteiger partial charge in [0.15, 0.2) is 0 Å². The van der Waals surface area contributed by atoms with Crippen LogP contribution in [0.3, 0.4) is 0 Å². The summed E-state index contributed by atoms with van der Waals surface area (Å²) in [5.41, 5.74) is 1.39. The van der Waals surface area contributed by atoms with Gasteiger partial charge in [0.2, 0.25) is 0 Å². The first-order chi connectivity index (χ1) is 9.79. The van der Waals surface area contributed by atoms with Crippen molar-refractivity contribution in [2.75, 3.05) is 33.4 Å². The lowest BCUT2D eigenvalue weighted by Gasteiger charge is -2.50. The van der Waals surface area contributed by atoms with Gasteiger partial charge in [-0.15, -0.1) is 0 Å². The SMILES string of the molecule is CN1CN2CCCN3CCCC(=N1)C32.O=C(O)C(F)(F)F. The molecule has 1 atom stereocenters. The number of carboxylic acids is 1. The van der Waals surface area contributed by atoms with Gasteiger partial charge < -0.3 is 5.11 Å². The molecule has 1 unspecified atom stereocenters. The maximum Gasteiger partial charge on any atom is 0.490 e. The molecule has 2 fully saturated rings. The first kappa shape index (κ1) is 16.0. The van der Waals surface area contributed by atoms with E-state index in [1.165, 1.54) is 44.6 Å². The van der Waals surface area contributed by atoms with Gasteiger partial charge in [0.05, 0.1) is 12.4 Å². The summed E-state index contributed by atoms with van der Waals surface area (Å²) in [6.07, 6.45) is -0.731. The van der Waals surface area contributed by atoms with Gasteiger partial charge in [-0.3, -0.25) is 14.8 Å². The van der Waals surface area contributed by atoms with Crippen molar-refractivity contribution in [2.24, 2.45) is 5.10 Å². The molecule has 2 saturated heterocycles. The van der Waals surface area contributed by atoms with Gasteiger partial charge in [-0.25, -0.2) is 4.79 Å². The maximum atomic E-state index is 10.6. The minimum Gasteiger partial charge on any atom is -0.475 e. The summed E-state index contributed by atoms with van der Waals surface area (Å²) in [5.74, 6) is -2.76. The number of hydrazone groups is 1. The fourth-order valence-electron chi connectivity index (χ4n) is 2.96. The van der Waals surface area contributed by atoms with Crippen LogP contribution in [0.1, 0.15) is 19.3 Å². The van der Waals surface area contributed by atoms with Crippen molar-refractivity contribution in [1.29, 1.82) is 0 Å². The largest absolute Gasteiger partial charge is 0.490 e. The zero-order valence-electron chi connectivity index (χ0n) is 11.8. The van der Waals surface area contributed by atoms with Crippen LogP contribution in [0.4, 0.5) is 13.2 Å². The summed E-state index contributed by atoms with van der Waals surface area (Å²) in [6.45, 7) is 4.78. The van der Waals surface area contributed by atoms with Crippen molar-refractivity contribution in [2.45, 2.75) is 31.6 Å². The number of carboxylic acid groups (broad SMARTS) is 1. The Hall–Kier alpha value is -1.35. The van der Waals surface area contributed by atoms with Gasteiger partial charge >= 0.3 is 12.1 Å². The smallest absolute Gasteiger partial charge is 0.475 e. The lowest BCUT2D eigenvalue weighted by atomic mass is 10.0. The summed E-state index contributed by atoms with van der Waals surface area (Å²) in [7, 11) is 2.08. The van der Waals surface area contributed by atoms with E-state index in [-0.39, 0.29) is 0 Å². The molecule has 0 aliphatic carbocycles. The van der Waals surface area contributed by atoms with E-state index in [1.54, 1.807) is 0 Å². The number of hydrogen-bond acceptors (Lipinski definition) is 5. The van der Waals surface area contributed by atoms with E-state index in [1.807, 2.05) is 0 Å². The van der Waals surface area contributed by atoms with Gasteiger partial charge in [-0.1, -0.05) is 0 Å². The fourth-order valence-corrected chi connectivity index (χ4v) is 2.96. The van der Waals surface area contributed by atoms with Crippen LogP contribution in [0.2, 0.25) is 0 Å². The summed E-state index contributed by atoms with van der Waals surface area (Å²) >= 11 is 0. The average molecular weight is 308 g/mol. The molecule has 3 aliphatic heterocycles. The summed E-state index contributed by atoms with van der Waals surface area (Å²) in [4.78, 5) is 14.1. The summed E-state index contributed by atoms with van der Waals surface area (Å²) in [6, 6.07) is 0. The molecule has 0 aromatic carbocycles. The van der Waals surface area contributed by atoms with Crippen molar-refractivity contribution < 1.29 is 23.1 Å². The first-order valence-electron chi connectivity index (χ1n) is 6.86. The Balaban J connectivity index is 0.000000199. The predicted molar refractivity (Wildman–Crippen MR) is 69.7 cm³/mol. The van der Waals surface area contributed by atoms with E-state index in [2.05, 4.69) is 27.0 Å². The zero-order chi connectivity index (χ0) is 15.6.